The van der Waals surface area contributed by atoms with Gasteiger partial charge in [-0.3, -0.25) is 4.79 Å². The number of nitrogens with one attached hydrogen (secondary N) is 2. The topological polar surface area (TPSA) is 54.0 Å². The molecule has 0 spiro atoms. The number of aryl methyl sites for hydroxylation is 1. The smallest absolute Gasteiger partial charge is 0.263 e. The van der Waals surface area contributed by atoms with Gasteiger partial charge in [0, 0.05) is 23.2 Å². The number of hydrogen-bond acceptors (Lipinski definition) is 4. The molecule has 0 radical (unpaired) electrons. The average molecular weight is 336 g/mol. The predicted octanol–water partition coefficient (Wildman–Crippen LogP) is 3.25. The molecule has 3 rings (SSSR count). The van der Waals surface area contributed by atoms with Crippen LogP contribution in [0.15, 0.2) is 24.3 Å². The molecule has 1 fully saturated rings. The summed E-state index contributed by atoms with van der Waals surface area (Å²) in [6, 6.07) is 7.75. The van der Waals surface area contributed by atoms with E-state index in [1.807, 2.05) is 31.2 Å². The Bertz CT molecular complexity index is 680. The first-order chi connectivity index (χ1) is 10.6. The summed E-state index contributed by atoms with van der Waals surface area (Å²) < 4.78 is 0. The predicted molar refractivity (Wildman–Crippen MR) is 90.7 cm³/mol. The number of rotatable bonds is 3. The minimum absolute atomic E-state index is 0.0306. The van der Waals surface area contributed by atoms with Gasteiger partial charge in [0.1, 0.15) is 9.88 Å². The summed E-state index contributed by atoms with van der Waals surface area (Å²) in [4.78, 5) is 17.7. The van der Waals surface area contributed by atoms with Gasteiger partial charge in [-0.25, -0.2) is 4.98 Å². The van der Waals surface area contributed by atoms with Crippen LogP contribution in [0.3, 0.4) is 0 Å². The van der Waals surface area contributed by atoms with Gasteiger partial charge in [-0.1, -0.05) is 23.7 Å². The third-order valence-electron chi connectivity index (χ3n) is 3.71. The molecule has 22 heavy (non-hydrogen) atoms. The molecule has 0 aliphatic carbocycles. The Morgan fingerprint density at radius 3 is 3.09 bits per heavy atom. The molecule has 2 heterocycles. The monoisotopic (exact) mass is 335 g/mol. The van der Waals surface area contributed by atoms with E-state index in [1.165, 1.54) is 11.3 Å². The number of aromatic nitrogens is 1. The number of benzene rings is 1. The first-order valence-corrected chi connectivity index (χ1v) is 8.58. The minimum Gasteiger partial charge on any atom is -0.347 e. The van der Waals surface area contributed by atoms with Gasteiger partial charge in [-0.2, -0.15) is 0 Å². The van der Waals surface area contributed by atoms with E-state index in [4.69, 9.17) is 11.6 Å². The van der Waals surface area contributed by atoms with Crippen LogP contribution in [0.2, 0.25) is 5.02 Å². The van der Waals surface area contributed by atoms with Crippen molar-refractivity contribution < 1.29 is 4.79 Å². The van der Waals surface area contributed by atoms with Gasteiger partial charge < -0.3 is 10.6 Å². The molecule has 1 aliphatic rings. The van der Waals surface area contributed by atoms with Crippen LogP contribution in [0.25, 0.3) is 10.6 Å². The molecule has 0 bridgehead atoms. The molecule has 1 aromatic heterocycles. The highest BCUT2D eigenvalue weighted by Gasteiger charge is 2.20. The maximum Gasteiger partial charge on any atom is 0.263 e. The molecule has 6 heteroatoms. The Labute approximate surface area is 138 Å². The fraction of sp³-hybridized carbons (Fsp3) is 0.375. The van der Waals surface area contributed by atoms with Crippen LogP contribution in [-0.4, -0.2) is 30.0 Å². The number of amides is 1. The molecular formula is C16H18ClN3OS. The standard InChI is InChI=1S/C16H18ClN3OS/c1-10-14(15(21)20-13-6-3-7-18-9-13)22-16(19-10)11-4-2-5-12(17)8-11/h2,4-5,8,13,18H,3,6-7,9H2,1H3,(H,20,21)/t13-/m0/s1. The Morgan fingerprint density at radius 2 is 2.36 bits per heavy atom. The Balaban J connectivity index is 1.78. The van der Waals surface area contributed by atoms with Crippen molar-refractivity contribution in [3.8, 4) is 10.6 Å². The van der Waals surface area contributed by atoms with E-state index >= 15 is 0 Å². The third kappa shape index (κ3) is 3.48. The lowest BCUT2D eigenvalue weighted by Gasteiger charge is -2.23. The van der Waals surface area contributed by atoms with Crippen LogP contribution in [-0.2, 0) is 0 Å². The van der Waals surface area contributed by atoms with Crippen LogP contribution < -0.4 is 10.6 Å². The molecule has 1 aliphatic heterocycles. The van der Waals surface area contributed by atoms with Crippen LogP contribution in [0.1, 0.15) is 28.2 Å². The second-order valence-electron chi connectivity index (χ2n) is 5.46. The van der Waals surface area contributed by atoms with Gasteiger partial charge in [0.25, 0.3) is 5.91 Å². The molecular weight excluding hydrogens is 318 g/mol. The quantitative estimate of drug-likeness (QED) is 0.905. The van der Waals surface area contributed by atoms with E-state index < -0.39 is 0 Å². The number of hydrogen-bond donors (Lipinski definition) is 2. The van der Waals surface area contributed by atoms with Gasteiger partial charge in [0.2, 0.25) is 0 Å². The van der Waals surface area contributed by atoms with Crippen molar-refractivity contribution in [2.24, 2.45) is 0 Å². The molecule has 1 aromatic carbocycles. The van der Waals surface area contributed by atoms with Crippen molar-refractivity contribution in [2.45, 2.75) is 25.8 Å². The highest BCUT2D eigenvalue weighted by molar-refractivity contribution is 7.17. The zero-order chi connectivity index (χ0) is 15.5. The first-order valence-electron chi connectivity index (χ1n) is 7.38. The van der Waals surface area contributed by atoms with E-state index in [-0.39, 0.29) is 11.9 Å². The fourth-order valence-electron chi connectivity index (χ4n) is 2.58. The fourth-order valence-corrected chi connectivity index (χ4v) is 3.73. The van der Waals surface area contributed by atoms with Gasteiger partial charge in [-0.05, 0) is 38.4 Å². The highest BCUT2D eigenvalue weighted by Crippen LogP contribution is 2.29. The SMILES string of the molecule is Cc1nc(-c2cccc(Cl)c2)sc1C(=O)N[C@H]1CCCNC1. The molecule has 2 N–H and O–H groups in total. The summed E-state index contributed by atoms with van der Waals surface area (Å²) in [7, 11) is 0. The zero-order valence-electron chi connectivity index (χ0n) is 12.4. The van der Waals surface area contributed by atoms with Crippen molar-refractivity contribution in [2.75, 3.05) is 13.1 Å². The molecule has 1 atom stereocenters. The van der Waals surface area contributed by atoms with Gasteiger partial charge >= 0.3 is 0 Å². The van der Waals surface area contributed by atoms with Crippen LogP contribution in [0.5, 0.6) is 0 Å². The van der Waals surface area contributed by atoms with Crippen molar-refractivity contribution in [1.29, 1.82) is 0 Å². The molecule has 0 unspecified atom stereocenters. The second-order valence-corrected chi connectivity index (χ2v) is 6.90. The third-order valence-corrected chi connectivity index (χ3v) is 5.15. The molecule has 0 saturated carbocycles. The molecule has 1 amide bonds. The van der Waals surface area contributed by atoms with E-state index in [0.29, 0.717) is 9.90 Å². The van der Waals surface area contributed by atoms with Crippen molar-refractivity contribution >= 4 is 28.8 Å². The minimum atomic E-state index is -0.0306. The average Bonchev–Trinajstić information content (AvgIpc) is 2.90. The maximum atomic E-state index is 12.5. The van der Waals surface area contributed by atoms with E-state index in [9.17, 15) is 4.79 Å². The summed E-state index contributed by atoms with van der Waals surface area (Å²) >= 11 is 7.44. The molecule has 116 valence electrons. The Hall–Kier alpha value is -1.43. The van der Waals surface area contributed by atoms with E-state index in [0.717, 1.165) is 42.2 Å². The Kier molecular flexibility index (Phi) is 4.76. The lowest BCUT2D eigenvalue weighted by molar-refractivity contribution is 0.0934. The second kappa shape index (κ2) is 6.77. The van der Waals surface area contributed by atoms with Gasteiger partial charge in [0.05, 0.1) is 5.69 Å². The summed E-state index contributed by atoms with van der Waals surface area (Å²) in [5.74, 6) is -0.0306. The van der Waals surface area contributed by atoms with Crippen LogP contribution >= 0.6 is 22.9 Å². The van der Waals surface area contributed by atoms with Crippen LogP contribution in [0, 0.1) is 6.92 Å². The number of piperidine rings is 1. The van der Waals surface area contributed by atoms with E-state index in [1.54, 1.807) is 0 Å². The van der Waals surface area contributed by atoms with E-state index in [2.05, 4.69) is 15.6 Å². The molecule has 4 nitrogen and oxygen atoms in total. The number of nitrogens with zero attached hydrogens (tertiary/aromatic N) is 1. The number of thiazole rings is 1. The summed E-state index contributed by atoms with van der Waals surface area (Å²) in [5, 5.41) is 7.89. The zero-order valence-corrected chi connectivity index (χ0v) is 13.9. The van der Waals surface area contributed by atoms with Crippen molar-refractivity contribution in [3.05, 3.63) is 39.9 Å². The van der Waals surface area contributed by atoms with Crippen LogP contribution in [0.4, 0.5) is 0 Å². The highest BCUT2D eigenvalue weighted by atomic mass is 35.5. The number of carbonyl (C=O) groups is 1. The summed E-state index contributed by atoms with van der Waals surface area (Å²) in [6.45, 7) is 3.74. The lowest BCUT2D eigenvalue weighted by atomic mass is 10.1. The normalized spacial score (nSPS) is 18.2. The first kappa shape index (κ1) is 15.5. The maximum absolute atomic E-state index is 12.5. The van der Waals surface area contributed by atoms with Crippen molar-refractivity contribution in [1.82, 2.24) is 15.6 Å². The summed E-state index contributed by atoms with van der Waals surface area (Å²) in [5.41, 5.74) is 1.71. The van der Waals surface area contributed by atoms with Gasteiger partial charge in [0.15, 0.2) is 0 Å². The number of carbonyl (C=O) groups excluding carboxylic acids is 1. The summed E-state index contributed by atoms with van der Waals surface area (Å²) in [6.07, 6.45) is 2.12. The molecule has 2 aromatic rings. The molecule has 1 saturated heterocycles. The number of halogens is 1. The lowest BCUT2D eigenvalue weighted by Crippen LogP contribution is -2.45. The Morgan fingerprint density at radius 1 is 1.50 bits per heavy atom. The largest absolute Gasteiger partial charge is 0.347 e. The van der Waals surface area contributed by atoms with Crippen molar-refractivity contribution in [3.63, 3.8) is 0 Å². The van der Waals surface area contributed by atoms with Gasteiger partial charge in [-0.15, -0.1) is 11.3 Å².